The van der Waals surface area contributed by atoms with Gasteiger partial charge in [0.2, 0.25) is 0 Å². The molecule has 2 rings (SSSR count). The molecule has 0 bridgehead atoms. The minimum atomic E-state index is -1.08. The summed E-state index contributed by atoms with van der Waals surface area (Å²) in [6, 6.07) is 4.33. The van der Waals surface area contributed by atoms with Crippen molar-refractivity contribution in [2.45, 2.75) is 10.6 Å². The fraction of sp³-hybridized carbons (Fsp3) is 0.0833. The van der Waals surface area contributed by atoms with E-state index in [1.165, 1.54) is 36.4 Å². The lowest BCUT2D eigenvalue weighted by molar-refractivity contribution is 0.0695. The lowest BCUT2D eigenvalue weighted by Gasteiger charge is -2.05. The molecule has 0 radical (unpaired) electrons. The SMILES string of the molecule is O=C(O)c1cncnc1CSc1ccc(F)c(Cl)c1. The first-order valence-electron chi connectivity index (χ1n) is 5.18. The Bertz CT molecular complexity index is 624. The Balaban J connectivity index is 2.14. The standard InChI is InChI=1S/C12H8ClFN2O2S/c13-9-3-7(1-2-10(9)14)19-5-11-8(12(17)18)4-15-6-16-11/h1-4,6H,5H2,(H,17,18). The van der Waals surface area contributed by atoms with Crippen LogP contribution in [0.4, 0.5) is 4.39 Å². The third-order valence-electron chi connectivity index (χ3n) is 2.29. The minimum absolute atomic E-state index is 0.0335. The molecule has 0 amide bonds. The summed E-state index contributed by atoms with van der Waals surface area (Å²) >= 11 is 6.99. The summed E-state index contributed by atoms with van der Waals surface area (Å²) in [7, 11) is 0. The summed E-state index contributed by atoms with van der Waals surface area (Å²) in [5, 5.41) is 9.02. The Morgan fingerprint density at radius 3 is 2.95 bits per heavy atom. The molecular formula is C12H8ClFN2O2S. The van der Waals surface area contributed by atoms with Gasteiger partial charge in [-0.3, -0.25) is 0 Å². The van der Waals surface area contributed by atoms with Gasteiger partial charge in [0.05, 0.1) is 10.7 Å². The van der Waals surface area contributed by atoms with Gasteiger partial charge in [0.1, 0.15) is 17.7 Å². The number of halogens is 2. The highest BCUT2D eigenvalue weighted by Crippen LogP contribution is 2.27. The van der Waals surface area contributed by atoms with Crippen LogP contribution in [0.15, 0.2) is 35.6 Å². The van der Waals surface area contributed by atoms with Crippen molar-refractivity contribution in [1.29, 1.82) is 0 Å². The summed E-state index contributed by atoms with van der Waals surface area (Å²) in [6.45, 7) is 0. The van der Waals surface area contributed by atoms with E-state index >= 15 is 0 Å². The van der Waals surface area contributed by atoms with Crippen LogP contribution in [0.5, 0.6) is 0 Å². The van der Waals surface area contributed by atoms with Gasteiger partial charge in [0.25, 0.3) is 0 Å². The Morgan fingerprint density at radius 1 is 1.47 bits per heavy atom. The Morgan fingerprint density at radius 2 is 2.26 bits per heavy atom. The van der Waals surface area contributed by atoms with Gasteiger partial charge in [0.15, 0.2) is 0 Å². The van der Waals surface area contributed by atoms with E-state index in [1.807, 2.05) is 0 Å². The minimum Gasteiger partial charge on any atom is -0.478 e. The molecule has 7 heteroatoms. The molecule has 19 heavy (non-hydrogen) atoms. The van der Waals surface area contributed by atoms with Crippen molar-refractivity contribution in [3.05, 3.63) is 52.8 Å². The van der Waals surface area contributed by atoms with Crippen LogP contribution in [0.2, 0.25) is 5.02 Å². The van der Waals surface area contributed by atoms with Crippen LogP contribution in [0.1, 0.15) is 16.1 Å². The molecule has 0 aliphatic heterocycles. The van der Waals surface area contributed by atoms with Crippen molar-refractivity contribution < 1.29 is 14.3 Å². The van der Waals surface area contributed by atoms with Crippen LogP contribution in [0.25, 0.3) is 0 Å². The average molecular weight is 299 g/mol. The highest BCUT2D eigenvalue weighted by Gasteiger charge is 2.11. The van der Waals surface area contributed by atoms with Gasteiger partial charge in [-0.25, -0.2) is 19.2 Å². The smallest absolute Gasteiger partial charge is 0.339 e. The van der Waals surface area contributed by atoms with E-state index in [2.05, 4.69) is 9.97 Å². The number of carboxylic acids is 1. The molecule has 1 N–H and O–H groups in total. The van der Waals surface area contributed by atoms with Crippen LogP contribution in [-0.4, -0.2) is 21.0 Å². The monoisotopic (exact) mass is 298 g/mol. The van der Waals surface area contributed by atoms with Gasteiger partial charge in [-0.05, 0) is 18.2 Å². The predicted molar refractivity (Wildman–Crippen MR) is 70.0 cm³/mol. The molecule has 1 heterocycles. The van der Waals surface area contributed by atoms with E-state index in [1.54, 1.807) is 6.07 Å². The number of carboxylic acid groups (broad SMARTS) is 1. The van der Waals surface area contributed by atoms with E-state index in [-0.39, 0.29) is 10.6 Å². The molecule has 0 unspecified atom stereocenters. The third-order valence-corrected chi connectivity index (χ3v) is 3.59. The van der Waals surface area contributed by atoms with Crippen LogP contribution < -0.4 is 0 Å². The van der Waals surface area contributed by atoms with Crippen LogP contribution in [0, 0.1) is 5.82 Å². The average Bonchev–Trinajstić information content (AvgIpc) is 2.40. The lowest BCUT2D eigenvalue weighted by atomic mass is 10.2. The fourth-order valence-corrected chi connectivity index (χ4v) is 2.51. The number of thioether (sulfide) groups is 1. The second kappa shape index (κ2) is 5.99. The molecule has 0 saturated heterocycles. The molecule has 2 aromatic rings. The predicted octanol–water partition coefficient (Wildman–Crippen LogP) is 3.26. The highest BCUT2D eigenvalue weighted by molar-refractivity contribution is 7.98. The molecule has 0 spiro atoms. The summed E-state index contributed by atoms with van der Waals surface area (Å²) in [5.41, 5.74) is 0.469. The second-order valence-electron chi connectivity index (χ2n) is 3.55. The van der Waals surface area contributed by atoms with Crippen molar-refractivity contribution in [3.8, 4) is 0 Å². The van der Waals surface area contributed by atoms with Gasteiger partial charge in [-0.15, -0.1) is 11.8 Å². The van der Waals surface area contributed by atoms with Gasteiger partial charge in [-0.2, -0.15) is 0 Å². The molecule has 4 nitrogen and oxygen atoms in total. The zero-order chi connectivity index (χ0) is 13.8. The lowest BCUT2D eigenvalue weighted by Crippen LogP contribution is -2.04. The van der Waals surface area contributed by atoms with E-state index in [0.29, 0.717) is 11.4 Å². The fourth-order valence-electron chi connectivity index (χ4n) is 1.37. The van der Waals surface area contributed by atoms with Crippen LogP contribution in [-0.2, 0) is 5.75 Å². The molecule has 98 valence electrons. The van der Waals surface area contributed by atoms with Gasteiger partial charge >= 0.3 is 5.97 Å². The zero-order valence-corrected chi connectivity index (χ0v) is 11.1. The number of carbonyl (C=O) groups is 1. The summed E-state index contributed by atoms with van der Waals surface area (Å²) in [6.07, 6.45) is 2.54. The number of hydrogen-bond acceptors (Lipinski definition) is 4. The van der Waals surface area contributed by atoms with Crippen molar-refractivity contribution in [2.24, 2.45) is 0 Å². The molecule has 0 saturated carbocycles. The van der Waals surface area contributed by atoms with Gasteiger partial charge in [-0.1, -0.05) is 11.6 Å². The molecular weight excluding hydrogens is 291 g/mol. The topological polar surface area (TPSA) is 63.1 Å². The van der Waals surface area contributed by atoms with E-state index in [4.69, 9.17) is 16.7 Å². The number of aromatic carboxylic acids is 1. The molecule has 1 aromatic heterocycles. The van der Waals surface area contributed by atoms with Crippen molar-refractivity contribution in [3.63, 3.8) is 0 Å². The maximum atomic E-state index is 13.0. The summed E-state index contributed by atoms with van der Waals surface area (Å²) < 4.78 is 13.0. The maximum Gasteiger partial charge on any atom is 0.339 e. The van der Waals surface area contributed by atoms with Crippen molar-refractivity contribution in [2.75, 3.05) is 0 Å². The molecule has 1 aromatic carbocycles. The number of aromatic nitrogens is 2. The quantitative estimate of drug-likeness (QED) is 0.878. The summed E-state index contributed by atoms with van der Waals surface area (Å²) in [5.74, 6) is -1.22. The van der Waals surface area contributed by atoms with Gasteiger partial charge < -0.3 is 5.11 Å². The molecule has 0 atom stereocenters. The second-order valence-corrected chi connectivity index (χ2v) is 5.01. The number of benzene rings is 1. The Labute approximate surface area is 117 Å². The first kappa shape index (κ1) is 13.8. The number of nitrogens with zero attached hydrogens (tertiary/aromatic N) is 2. The van der Waals surface area contributed by atoms with E-state index in [0.717, 1.165) is 4.90 Å². The molecule has 0 aliphatic rings. The van der Waals surface area contributed by atoms with E-state index < -0.39 is 11.8 Å². The van der Waals surface area contributed by atoms with E-state index in [9.17, 15) is 9.18 Å². The largest absolute Gasteiger partial charge is 0.478 e. The first-order valence-corrected chi connectivity index (χ1v) is 6.54. The van der Waals surface area contributed by atoms with Crippen molar-refractivity contribution >= 4 is 29.3 Å². The maximum absolute atomic E-state index is 13.0. The third kappa shape index (κ3) is 3.42. The van der Waals surface area contributed by atoms with Crippen LogP contribution in [0.3, 0.4) is 0 Å². The Hall–Kier alpha value is -1.66. The first-order chi connectivity index (χ1) is 9.08. The number of hydrogen-bond donors (Lipinski definition) is 1. The van der Waals surface area contributed by atoms with Gasteiger partial charge in [0, 0.05) is 16.8 Å². The molecule has 0 fully saturated rings. The van der Waals surface area contributed by atoms with Crippen molar-refractivity contribution in [1.82, 2.24) is 9.97 Å². The molecule has 0 aliphatic carbocycles. The Kier molecular flexibility index (Phi) is 4.34. The number of rotatable bonds is 4. The summed E-state index contributed by atoms with van der Waals surface area (Å²) in [4.78, 5) is 19.3. The van der Waals surface area contributed by atoms with Crippen LogP contribution >= 0.6 is 23.4 Å². The highest BCUT2D eigenvalue weighted by atomic mass is 35.5. The zero-order valence-electron chi connectivity index (χ0n) is 9.51. The normalized spacial score (nSPS) is 10.4.